The van der Waals surface area contributed by atoms with Crippen LogP contribution in [-0.4, -0.2) is 34.7 Å². The molecule has 0 radical (unpaired) electrons. The van der Waals surface area contributed by atoms with Crippen molar-refractivity contribution in [3.63, 3.8) is 0 Å². The van der Waals surface area contributed by atoms with E-state index in [1.165, 1.54) is 0 Å². The second-order valence-electron chi connectivity index (χ2n) is 6.27. The van der Waals surface area contributed by atoms with E-state index in [-0.39, 0.29) is 42.6 Å². The molecule has 0 aliphatic rings. The van der Waals surface area contributed by atoms with E-state index in [1.807, 2.05) is 43.5 Å². The molecule has 3 rings (SSSR count). The van der Waals surface area contributed by atoms with Gasteiger partial charge in [-0.3, -0.25) is 0 Å². The minimum Gasteiger partial charge on any atom is -0.550 e. The Kier molecular flexibility index (Phi) is 9.60. The fraction of sp³-hybridized carbons (Fsp3) is 0.227. The van der Waals surface area contributed by atoms with Crippen LogP contribution >= 0.6 is 0 Å². The number of hydrogen-bond acceptors (Lipinski definition) is 6. The van der Waals surface area contributed by atoms with Crippen molar-refractivity contribution in [1.29, 1.82) is 0 Å². The minimum atomic E-state index is -1.12. The van der Waals surface area contributed by atoms with Gasteiger partial charge < -0.3 is 19.5 Å². The standard InChI is InChI=1S/C22H23N3O4.Na/c1-2-21(18-7-4-8-19(16-18)25-11-5-10-23-25)24-29-13-12-28-20-9-3-6-17(14-20)15-22(26)27;/h3-11,14,16H,2,12-13,15H2,1H3,(H,26,27);/q;+1/p-1. The average Bonchev–Trinajstić information content (AvgIpc) is 3.25. The summed E-state index contributed by atoms with van der Waals surface area (Å²) < 4.78 is 7.39. The van der Waals surface area contributed by atoms with Gasteiger partial charge in [0.2, 0.25) is 0 Å². The molecule has 0 saturated heterocycles. The molecule has 0 saturated carbocycles. The van der Waals surface area contributed by atoms with Gasteiger partial charge in [-0.15, -0.1) is 0 Å². The van der Waals surface area contributed by atoms with E-state index in [0.717, 1.165) is 17.0 Å². The second-order valence-corrected chi connectivity index (χ2v) is 6.27. The van der Waals surface area contributed by atoms with Crippen LogP contribution in [0.3, 0.4) is 0 Å². The molecule has 0 unspecified atom stereocenters. The molecule has 7 nitrogen and oxygen atoms in total. The fourth-order valence-electron chi connectivity index (χ4n) is 2.80. The largest absolute Gasteiger partial charge is 1.00 e. The van der Waals surface area contributed by atoms with Crippen LogP contribution in [0.4, 0.5) is 0 Å². The molecular weight excluding hydrogens is 393 g/mol. The summed E-state index contributed by atoms with van der Waals surface area (Å²) in [5.41, 5.74) is 3.38. The molecule has 0 fully saturated rings. The van der Waals surface area contributed by atoms with E-state index in [9.17, 15) is 9.90 Å². The first-order chi connectivity index (χ1) is 14.2. The van der Waals surface area contributed by atoms with Gasteiger partial charge in [0.05, 0.1) is 11.4 Å². The molecule has 0 aliphatic carbocycles. The number of carboxylic acids is 1. The van der Waals surface area contributed by atoms with Gasteiger partial charge in [0.25, 0.3) is 0 Å². The zero-order valence-corrected chi connectivity index (χ0v) is 19.2. The van der Waals surface area contributed by atoms with Crippen LogP contribution in [0.1, 0.15) is 24.5 Å². The first kappa shape index (κ1) is 23.7. The molecule has 30 heavy (non-hydrogen) atoms. The molecule has 0 N–H and O–H groups in total. The molecular formula is C22H22N3NaO4. The number of aliphatic carboxylic acids is 1. The van der Waals surface area contributed by atoms with Gasteiger partial charge in [-0.1, -0.05) is 36.3 Å². The summed E-state index contributed by atoms with van der Waals surface area (Å²) in [6, 6.07) is 16.7. The van der Waals surface area contributed by atoms with E-state index in [1.54, 1.807) is 35.1 Å². The van der Waals surface area contributed by atoms with Crippen molar-refractivity contribution in [1.82, 2.24) is 9.78 Å². The fourth-order valence-corrected chi connectivity index (χ4v) is 2.80. The first-order valence-corrected chi connectivity index (χ1v) is 9.36. The SMILES string of the molecule is CCC(=NOCCOc1cccc(CC(=O)[O-])c1)c1cccc(-n2cccn2)c1.[Na+]. The van der Waals surface area contributed by atoms with Gasteiger partial charge in [-0.2, -0.15) is 5.10 Å². The number of hydrogen-bond donors (Lipinski definition) is 0. The Balaban J connectivity index is 0.00000320. The van der Waals surface area contributed by atoms with Crippen molar-refractivity contribution in [2.24, 2.45) is 5.16 Å². The topological polar surface area (TPSA) is 88.8 Å². The quantitative estimate of drug-likeness (QED) is 0.191. The van der Waals surface area contributed by atoms with E-state index in [0.29, 0.717) is 24.3 Å². The third kappa shape index (κ3) is 7.02. The number of nitrogens with zero attached hydrogens (tertiary/aromatic N) is 3. The number of ether oxygens (including phenoxy) is 1. The molecule has 1 heterocycles. The first-order valence-electron chi connectivity index (χ1n) is 9.36. The van der Waals surface area contributed by atoms with Crippen molar-refractivity contribution in [3.05, 3.63) is 78.1 Å². The van der Waals surface area contributed by atoms with Gasteiger partial charge in [0, 0.05) is 30.3 Å². The molecule has 3 aromatic rings. The molecule has 2 aromatic carbocycles. The van der Waals surface area contributed by atoms with E-state index < -0.39 is 5.97 Å². The molecule has 0 bridgehead atoms. The summed E-state index contributed by atoms with van der Waals surface area (Å²) in [5, 5.41) is 19.2. The monoisotopic (exact) mass is 415 g/mol. The molecule has 150 valence electrons. The summed E-state index contributed by atoms with van der Waals surface area (Å²) in [6.45, 7) is 2.58. The van der Waals surface area contributed by atoms with Gasteiger partial charge in [-0.05, 0) is 42.3 Å². The van der Waals surface area contributed by atoms with E-state index in [4.69, 9.17) is 9.57 Å². The number of carbonyl (C=O) groups excluding carboxylic acids is 1. The van der Waals surface area contributed by atoms with Crippen molar-refractivity contribution in [2.75, 3.05) is 13.2 Å². The van der Waals surface area contributed by atoms with Gasteiger partial charge in [0.15, 0.2) is 6.61 Å². The predicted molar refractivity (Wildman–Crippen MR) is 107 cm³/mol. The average molecular weight is 415 g/mol. The molecule has 1 aromatic heterocycles. The summed E-state index contributed by atoms with van der Waals surface area (Å²) in [5.74, 6) is -0.539. The second kappa shape index (κ2) is 12.2. The summed E-state index contributed by atoms with van der Waals surface area (Å²) >= 11 is 0. The van der Waals surface area contributed by atoms with Gasteiger partial charge in [0.1, 0.15) is 12.4 Å². The molecule has 0 spiro atoms. The number of rotatable bonds is 10. The maximum Gasteiger partial charge on any atom is 1.00 e. The van der Waals surface area contributed by atoms with Crippen LogP contribution in [0.25, 0.3) is 5.69 Å². The molecule has 0 aliphatic heterocycles. The molecule has 0 atom stereocenters. The Morgan fingerprint density at radius 3 is 2.70 bits per heavy atom. The van der Waals surface area contributed by atoms with E-state index in [2.05, 4.69) is 10.3 Å². The number of carbonyl (C=O) groups is 1. The Bertz CT molecular complexity index is 974. The Morgan fingerprint density at radius 2 is 1.97 bits per heavy atom. The van der Waals surface area contributed by atoms with E-state index >= 15 is 0 Å². The zero-order chi connectivity index (χ0) is 20.5. The summed E-state index contributed by atoms with van der Waals surface area (Å²) in [6.07, 6.45) is 4.20. The number of carboxylic acid groups (broad SMARTS) is 1. The van der Waals surface area contributed by atoms with Crippen molar-refractivity contribution < 1.29 is 49.0 Å². The van der Waals surface area contributed by atoms with Crippen molar-refractivity contribution in [2.45, 2.75) is 19.8 Å². The third-order valence-corrected chi connectivity index (χ3v) is 4.15. The molecule has 0 amide bonds. The smallest absolute Gasteiger partial charge is 0.550 e. The third-order valence-electron chi connectivity index (χ3n) is 4.15. The Hall–Kier alpha value is -2.61. The molecule has 8 heteroatoms. The maximum absolute atomic E-state index is 10.7. The summed E-state index contributed by atoms with van der Waals surface area (Å²) in [4.78, 5) is 16.1. The normalized spacial score (nSPS) is 10.9. The summed E-state index contributed by atoms with van der Waals surface area (Å²) in [7, 11) is 0. The van der Waals surface area contributed by atoms with Crippen LogP contribution in [0.5, 0.6) is 5.75 Å². The number of benzene rings is 2. The van der Waals surface area contributed by atoms with Gasteiger partial charge >= 0.3 is 29.6 Å². The van der Waals surface area contributed by atoms with Gasteiger partial charge in [-0.25, -0.2) is 4.68 Å². The van der Waals surface area contributed by atoms with Crippen molar-refractivity contribution >= 4 is 11.7 Å². The number of oxime groups is 1. The minimum absolute atomic E-state index is 0. The van der Waals surface area contributed by atoms with Crippen LogP contribution < -0.4 is 39.4 Å². The van der Waals surface area contributed by atoms with Crippen molar-refractivity contribution in [3.8, 4) is 11.4 Å². The maximum atomic E-state index is 10.7. The Morgan fingerprint density at radius 1 is 1.13 bits per heavy atom. The Labute approximate surface area is 197 Å². The van der Waals surface area contributed by atoms with Crippen LogP contribution in [0, 0.1) is 0 Å². The zero-order valence-electron chi connectivity index (χ0n) is 17.2. The van der Waals surface area contributed by atoms with Crippen LogP contribution in [0.15, 0.2) is 72.1 Å². The van der Waals surface area contributed by atoms with Crippen LogP contribution in [-0.2, 0) is 16.1 Å². The van der Waals surface area contributed by atoms with Crippen LogP contribution in [0.2, 0.25) is 0 Å². The number of aromatic nitrogens is 2. The predicted octanol–water partition coefficient (Wildman–Crippen LogP) is -0.622.